The number of carbonyl (C=O) groups is 1. The molecule has 2 aromatic carbocycles. The average Bonchev–Trinajstić information content (AvgIpc) is 2.75. The van der Waals surface area contributed by atoms with Gasteiger partial charge in [0.15, 0.2) is 0 Å². The van der Waals surface area contributed by atoms with E-state index in [0.717, 1.165) is 24.0 Å². The number of phenolic OH excluding ortho intramolecular Hbond substituents is 1. The number of aromatic nitrogens is 2. The first-order valence-electron chi connectivity index (χ1n) is 9.97. The molecule has 7 nitrogen and oxygen atoms in total. The van der Waals surface area contributed by atoms with Crippen molar-refractivity contribution in [2.75, 3.05) is 13.1 Å². The number of H-pyrrole nitrogens is 1. The number of nitrogens with zero attached hydrogens (tertiary/aromatic N) is 2. The van der Waals surface area contributed by atoms with Crippen LogP contribution in [0.5, 0.6) is 5.75 Å². The van der Waals surface area contributed by atoms with E-state index in [2.05, 4.69) is 9.97 Å². The third-order valence-corrected chi connectivity index (χ3v) is 5.40. The predicted octanol–water partition coefficient (Wildman–Crippen LogP) is 2.68. The van der Waals surface area contributed by atoms with Crippen LogP contribution in [0.3, 0.4) is 0 Å². The van der Waals surface area contributed by atoms with E-state index < -0.39 is 5.69 Å². The summed E-state index contributed by atoms with van der Waals surface area (Å²) in [6.07, 6.45) is 1.83. The van der Waals surface area contributed by atoms with E-state index >= 15 is 0 Å². The van der Waals surface area contributed by atoms with E-state index in [1.807, 2.05) is 6.07 Å². The standard InChI is InChI=1S/C23H24N4O3/c1-14-10-16(7-8-21(14)28)20-12-19(25-23(30)26-20)15-4-2-5-17(11-15)22(29)27-9-3-6-18(24)13-27/h2,4-5,7-8,10-12,18,28H,3,6,9,13,24H2,1H3,(H,25,26,30). The lowest BCUT2D eigenvalue weighted by Gasteiger charge is -2.30. The maximum Gasteiger partial charge on any atom is 0.345 e. The Morgan fingerprint density at radius 2 is 2.03 bits per heavy atom. The molecule has 1 saturated heterocycles. The molecule has 1 aromatic heterocycles. The van der Waals surface area contributed by atoms with Crippen LogP contribution in [0.2, 0.25) is 0 Å². The van der Waals surface area contributed by atoms with E-state index in [1.165, 1.54) is 0 Å². The summed E-state index contributed by atoms with van der Waals surface area (Å²) in [6.45, 7) is 3.04. The third kappa shape index (κ3) is 4.11. The lowest BCUT2D eigenvalue weighted by atomic mass is 10.0. The van der Waals surface area contributed by atoms with Gasteiger partial charge in [0.25, 0.3) is 5.91 Å². The van der Waals surface area contributed by atoms with Crippen LogP contribution in [-0.2, 0) is 0 Å². The zero-order valence-corrected chi connectivity index (χ0v) is 16.8. The first-order valence-corrected chi connectivity index (χ1v) is 9.97. The molecule has 7 heteroatoms. The Morgan fingerprint density at radius 3 is 2.80 bits per heavy atom. The van der Waals surface area contributed by atoms with Gasteiger partial charge in [0.05, 0.1) is 11.4 Å². The fraction of sp³-hybridized carbons (Fsp3) is 0.261. The molecular weight excluding hydrogens is 380 g/mol. The van der Waals surface area contributed by atoms with Gasteiger partial charge in [0.1, 0.15) is 5.75 Å². The smallest absolute Gasteiger partial charge is 0.345 e. The summed E-state index contributed by atoms with van der Waals surface area (Å²) in [5.41, 5.74) is 9.30. The number of benzene rings is 2. The van der Waals surface area contributed by atoms with Crippen molar-refractivity contribution >= 4 is 5.91 Å². The van der Waals surface area contributed by atoms with Gasteiger partial charge >= 0.3 is 5.69 Å². The number of phenols is 1. The number of carbonyl (C=O) groups excluding carboxylic acids is 1. The Balaban J connectivity index is 1.68. The summed E-state index contributed by atoms with van der Waals surface area (Å²) in [5, 5.41) is 9.75. The molecule has 2 heterocycles. The van der Waals surface area contributed by atoms with E-state index in [4.69, 9.17) is 5.73 Å². The summed E-state index contributed by atoms with van der Waals surface area (Å²) in [6, 6.07) is 14.1. The minimum atomic E-state index is -0.480. The molecule has 1 aliphatic heterocycles. The molecule has 1 unspecified atom stereocenters. The topological polar surface area (TPSA) is 112 Å². The fourth-order valence-corrected chi connectivity index (χ4v) is 3.77. The van der Waals surface area contributed by atoms with Crippen molar-refractivity contribution in [1.82, 2.24) is 14.9 Å². The Hall–Kier alpha value is -3.45. The summed E-state index contributed by atoms with van der Waals surface area (Å²) >= 11 is 0. The van der Waals surface area contributed by atoms with Crippen LogP contribution in [0.15, 0.2) is 53.3 Å². The van der Waals surface area contributed by atoms with Crippen LogP contribution in [0.4, 0.5) is 0 Å². The van der Waals surface area contributed by atoms with Gasteiger partial charge in [-0.05, 0) is 67.3 Å². The Morgan fingerprint density at radius 1 is 1.20 bits per heavy atom. The number of aromatic hydroxyl groups is 1. The number of hydrogen-bond acceptors (Lipinski definition) is 5. The SMILES string of the molecule is Cc1cc(-c2cc(-c3cccc(C(=O)N4CCCC(N)C4)c3)[nH]c(=O)n2)ccc1O. The molecule has 30 heavy (non-hydrogen) atoms. The van der Waals surface area contributed by atoms with Crippen molar-refractivity contribution in [3.63, 3.8) is 0 Å². The fourth-order valence-electron chi connectivity index (χ4n) is 3.77. The molecule has 4 rings (SSSR count). The van der Waals surface area contributed by atoms with Gasteiger partial charge < -0.3 is 20.7 Å². The minimum Gasteiger partial charge on any atom is -0.508 e. The van der Waals surface area contributed by atoms with E-state index in [1.54, 1.807) is 54.3 Å². The second-order valence-corrected chi connectivity index (χ2v) is 7.72. The number of nitrogens with one attached hydrogen (secondary N) is 1. The van der Waals surface area contributed by atoms with Gasteiger partial charge in [-0.25, -0.2) is 4.79 Å². The number of rotatable bonds is 3. The molecule has 0 aliphatic carbocycles. The van der Waals surface area contributed by atoms with Gasteiger partial charge in [0.2, 0.25) is 0 Å². The summed E-state index contributed by atoms with van der Waals surface area (Å²) in [5.74, 6) is 0.130. The van der Waals surface area contributed by atoms with Crippen LogP contribution in [0.1, 0.15) is 28.8 Å². The highest BCUT2D eigenvalue weighted by molar-refractivity contribution is 5.95. The van der Waals surface area contributed by atoms with E-state index in [-0.39, 0.29) is 17.7 Å². The van der Waals surface area contributed by atoms with Crippen LogP contribution in [0, 0.1) is 6.92 Å². The normalized spacial score (nSPS) is 16.5. The highest BCUT2D eigenvalue weighted by Gasteiger charge is 2.22. The number of aryl methyl sites for hydroxylation is 1. The Kier molecular flexibility index (Phi) is 5.37. The largest absolute Gasteiger partial charge is 0.508 e. The van der Waals surface area contributed by atoms with Crippen molar-refractivity contribution in [3.05, 3.63) is 70.1 Å². The molecule has 1 atom stereocenters. The number of likely N-dealkylation sites (tertiary alicyclic amines) is 1. The van der Waals surface area contributed by atoms with Gasteiger partial charge in [-0.15, -0.1) is 0 Å². The van der Waals surface area contributed by atoms with Crippen molar-refractivity contribution in [2.24, 2.45) is 5.73 Å². The number of piperidine rings is 1. The molecule has 1 fully saturated rings. The van der Waals surface area contributed by atoms with Crippen LogP contribution < -0.4 is 11.4 Å². The van der Waals surface area contributed by atoms with Gasteiger partial charge in [0, 0.05) is 30.3 Å². The van der Waals surface area contributed by atoms with Crippen molar-refractivity contribution in [1.29, 1.82) is 0 Å². The molecule has 0 bridgehead atoms. The minimum absolute atomic E-state index is 0.0127. The second kappa shape index (κ2) is 8.12. The summed E-state index contributed by atoms with van der Waals surface area (Å²) in [4.78, 5) is 33.7. The maximum absolute atomic E-state index is 12.9. The number of nitrogens with two attached hydrogens (primary N) is 1. The summed E-state index contributed by atoms with van der Waals surface area (Å²) < 4.78 is 0. The zero-order chi connectivity index (χ0) is 21.3. The molecule has 1 amide bonds. The second-order valence-electron chi connectivity index (χ2n) is 7.72. The van der Waals surface area contributed by atoms with Crippen molar-refractivity contribution < 1.29 is 9.90 Å². The molecule has 3 aromatic rings. The predicted molar refractivity (Wildman–Crippen MR) is 115 cm³/mol. The lowest BCUT2D eigenvalue weighted by molar-refractivity contribution is 0.0709. The van der Waals surface area contributed by atoms with Crippen LogP contribution in [0.25, 0.3) is 22.5 Å². The summed E-state index contributed by atoms with van der Waals surface area (Å²) in [7, 11) is 0. The average molecular weight is 404 g/mol. The first kappa shape index (κ1) is 19.8. The van der Waals surface area contributed by atoms with Crippen LogP contribution >= 0.6 is 0 Å². The zero-order valence-electron chi connectivity index (χ0n) is 16.8. The molecule has 0 saturated carbocycles. The highest BCUT2D eigenvalue weighted by Crippen LogP contribution is 2.26. The monoisotopic (exact) mass is 404 g/mol. The van der Waals surface area contributed by atoms with Gasteiger partial charge in [-0.3, -0.25) is 4.79 Å². The molecule has 4 N–H and O–H groups in total. The molecule has 154 valence electrons. The quantitative estimate of drug-likeness (QED) is 0.621. The van der Waals surface area contributed by atoms with Crippen molar-refractivity contribution in [3.8, 4) is 28.3 Å². The van der Waals surface area contributed by atoms with Gasteiger partial charge in [-0.1, -0.05) is 12.1 Å². The third-order valence-electron chi connectivity index (χ3n) is 5.40. The van der Waals surface area contributed by atoms with E-state index in [9.17, 15) is 14.7 Å². The number of aromatic amines is 1. The highest BCUT2D eigenvalue weighted by atomic mass is 16.3. The molecule has 0 radical (unpaired) electrons. The van der Waals surface area contributed by atoms with Crippen molar-refractivity contribution in [2.45, 2.75) is 25.8 Å². The Labute approximate surface area is 174 Å². The van der Waals surface area contributed by atoms with Crippen LogP contribution in [-0.4, -0.2) is 45.0 Å². The van der Waals surface area contributed by atoms with Gasteiger partial charge in [-0.2, -0.15) is 4.98 Å². The lowest BCUT2D eigenvalue weighted by Crippen LogP contribution is -2.45. The first-order chi connectivity index (χ1) is 14.4. The molecule has 1 aliphatic rings. The molecule has 0 spiro atoms. The Bertz CT molecular complexity index is 1160. The molecular formula is C23H24N4O3. The maximum atomic E-state index is 12.9. The van der Waals surface area contributed by atoms with E-state index in [0.29, 0.717) is 35.6 Å². The number of hydrogen-bond donors (Lipinski definition) is 3. The number of amides is 1.